The lowest BCUT2D eigenvalue weighted by atomic mass is 10.1. The van der Waals surface area contributed by atoms with Gasteiger partial charge >= 0.3 is 5.97 Å². The number of esters is 1. The second-order valence-electron chi connectivity index (χ2n) is 6.06. The number of rotatable bonds is 13. The largest absolute Gasteiger partial charge is 0.469 e. The lowest BCUT2D eigenvalue weighted by Crippen LogP contribution is -2.15. The summed E-state index contributed by atoms with van der Waals surface area (Å²) in [6, 6.07) is 0. The highest BCUT2D eigenvalue weighted by molar-refractivity contribution is 5.68. The summed E-state index contributed by atoms with van der Waals surface area (Å²) in [5, 5.41) is 9.92. The fraction of sp³-hybridized carbons (Fsp3) is 0.737. The van der Waals surface area contributed by atoms with Gasteiger partial charge in [-0.15, -0.1) is 0 Å². The molecular formula is C19H32O4. The first-order chi connectivity index (χ1) is 11.2. The summed E-state index contributed by atoms with van der Waals surface area (Å²) in [5.41, 5.74) is 0. The van der Waals surface area contributed by atoms with Gasteiger partial charge in [-0.3, -0.25) is 4.79 Å². The van der Waals surface area contributed by atoms with Crippen molar-refractivity contribution in [2.45, 2.75) is 83.0 Å². The molecule has 1 rings (SSSR count). The Morgan fingerprint density at radius 3 is 2.65 bits per heavy atom. The highest BCUT2D eigenvalue weighted by atomic mass is 16.6. The van der Waals surface area contributed by atoms with Crippen LogP contribution in [0.4, 0.5) is 0 Å². The average Bonchev–Trinajstić information content (AvgIpc) is 3.32. The number of epoxide rings is 1. The van der Waals surface area contributed by atoms with E-state index in [0.29, 0.717) is 12.8 Å². The second-order valence-corrected chi connectivity index (χ2v) is 6.06. The number of methoxy groups -OCH3 is 1. The minimum atomic E-state index is -0.387. The van der Waals surface area contributed by atoms with Crippen LogP contribution in [0.2, 0.25) is 0 Å². The topological polar surface area (TPSA) is 59.1 Å². The minimum absolute atomic E-state index is 0.0222. The van der Waals surface area contributed by atoms with Crippen LogP contribution in [0.15, 0.2) is 24.3 Å². The van der Waals surface area contributed by atoms with E-state index in [4.69, 9.17) is 4.74 Å². The molecule has 1 aliphatic rings. The molecule has 0 aromatic heterocycles. The lowest BCUT2D eigenvalue weighted by Gasteiger charge is -2.02. The smallest absolute Gasteiger partial charge is 0.305 e. The van der Waals surface area contributed by atoms with E-state index in [9.17, 15) is 9.90 Å². The molecule has 0 unspecified atom stereocenters. The summed E-state index contributed by atoms with van der Waals surface area (Å²) >= 11 is 0. The molecule has 132 valence electrons. The fourth-order valence-corrected chi connectivity index (χ4v) is 2.53. The summed E-state index contributed by atoms with van der Waals surface area (Å²) in [4.78, 5) is 10.9. The molecule has 0 spiro atoms. The van der Waals surface area contributed by atoms with Gasteiger partial charge in [-0.1, -0.05) is 50.5 Å². The van der Waals surface area contributed by atoms with E-state index in [1.807, 2.05) is 6.08 Å². The Balaban J connectivity index is 1.93. The van der Waals surface area contributed by atoms with Gasteiger partial charge in [-0.25, -0.2) is 0 Å². The van der Waals surface area contributed by atoms with E-state index < -0.39 is 0 Å². The van der Waals surface area contributed by atoms with Crippen LogP contribution in [0.3, 0.4) is 0 Å². The molecule has 1 heterocycles. The molecule has 1 fully saturated rings. The van der Waals surface area contributed by atoms with E-state index in [1.54, 1.807) is 0 Å². The Kier molecular flexibility index (Phi) is 10.7. The zero-order valence-corrected chi connectivity index (χ0v) is 14.6. The van der Waals surface area contributed by atoms with Crippen molar-refractivity contribution in [2.75, 3.05) is 7.11 Å². The Bertz CT molecular complexity index is 376. The number of allylic oxidation sites excluding steroid dienone is 2. The number of hydrogen-bond donors (Lipinski definition) is 1. The molecule has 1 aliphatic heterocycles. The molecular weight excluding hydrogens is 292 g/mol. The SMILES string of the molecule is CC/C=C\C[C@H](O)[C@H]1O[C@@H]1/C=C\CCCCCCCC(=O)OC. The van der Waals surface area contributed by atoms with Crippen LogP contribution < -0.4 is 0 Å². The third-order valence-corrected chi connectivity index (χ3v) is 4.03. The van der Waals surface area contributed by atoms with Crippen LogP contribution in [0.25, 0.3) is 0 Å². The first-order valence-electron chi connectivity index (χ1n) is 8.91. The zero-order valence-electron chi connectivity index (χ0n) is 14.6. The molecule has 23 heavy (non-hydrogen) atoms. The number of aliphatic hydroxyl groups is 1. The minimum Gasteiger partial charge on any atom is -0.469 e. The van der Waals surface area contributed by atoms with Crippen LogP contribution in [-0.4, -0.2) is 36.5 Å². The molecule has 0 aromatic rings. The number of carbonyl (C=O) groups excluding carboxylic acids is 1. The summed E-state index contributed by atoms with van der Waals surface area (Å²) in [7, 11) is 1.43. The maximum atomic E-state index is 10.9. The van der Waals surface area contributed by atoms with E-state index >= 15 is 0 Å². The highest BCUT2D eigenvalue weighted by Gasteiger charge is 2.41. The van der Waals surface area contributed by atoms with Gasteiger partial charge in [0.2, 0.25) is 0 Å². The Morgan fingerprint density at radius 1 is 1.17 bits per heavy atom. The van der Waals surface area contributed by atoms with Crippen molar-refractivity contribution in [3.05, 3.63) is 24.3 Å². The third kappa shape index (κ3) is 9.57. The molecule has 1 saturated heterocycles. The van der Waals surface area contributed by atoms with Crippen molar-refractivity contribution in [3.63, 3.8) is 0 Å². The second kappa shape index (κ2) is 12.3. The monoisotopic (exact) mass is 324 g/mol. The predicted octanol–water partition coefficient (Wildman–Crippen LogP) is 3.93. The van der Waals surface area contributed by atoms with Gasteiger partial charge in [0.05, 0.1) is 13.2 Å². The first-order valence-corrected chi connectivity index (χ1v) is 8.91. The number of carbonyl (C=O) groups is 1. The number of hydrogen-bond acceptors (Lipinski definition) is 4. The molecule has 0 saturated carbocycles. The van der Waals surface area contributed by atoms with Gasteiger partial charge in [-0.2, -0.15) is 0 Å². The van der Waals surface area contributed by atoms with E-state index in [1.165, 1.54) is 13.5 Å². The number of aliphatic hydroxyl groups excluding tert-OH is 1. The van der Waals surface area contributed by atoms with Crippen LogP contribution in [0, 0.1) is 0 Å². The normalized spacial score (nSPS) is 21.9. The predicted molar refractivity (Wildman–Crippen MR) is 92.2 cm³/mol. The quantitative estimate of drug-likeness (QED) is 0.241. The van der Waals surface area contributed by atoms with Crippen LogP contribution in [0.5, 0.6) is 0 Å². The zero-order chi connectivity index (χ0) is 16.9. The van der Waals surface area contributed by atoms with Crippen molar-refractivity contribution >= 4 is 5.97 Å². The van der Waals surface area contributed by atoms with E-state index in [0.717, 1.165) is 38.5 Å². The van der Waals surface area contributed by atoms with Crippen molar-refractivity contribution < 1.29 is 19.4 Å². The van der Waals surface area contributed by atoms with Crippen molar-refractivity contribution in [1.82, 2.24) is 0 Å². The average molecular weight is 324 g/mol. The van der Waals surface area contributed by atoms with Gasteiger partial charge in [0.25, 0.3) is 0 Å². The van der Waals surface area contributed by atoms with Crippen molar-refractivity contribution in [1.29, 1.82) is 0 Å². The van der Waals surface area contributed by atoms with E-state index in [2.05, 4.69) is 29.9 Å². The first kappa shape index (κ1) is 19.9. The molecule has 1 N–H and O–H groups in total. The number of ether oxygens (including phenoxy) is 2. The summed E-state index contributed by atoms with van der Waals surface area (Å²) in [6.45, 7) is 2.08. The van der Waals surface area contributed by atoms with Gasteiger partial charge in [0.15, 0.2) is 0 Å². The molecule has 0 aromatic carbocycles. The third-order valence-electron chi connectivity index (χ3n) is 4.03. The van der Waals surface area contributed by atoms with Crippen LogP contribution >= 0.6 is 0 Å². The molecule has 0 bridgehead atoms. The van der Waals surface area contributed by atoms with Gasteiger partial charge in [-0.05, 0) is 32.1 Å². The molecule has 0 aliphatic carbocycles. The van der Waals surface area contributed by atoms with Crippen LogP contribution in [-0.2, 0) is 14.3 Å². The lowest BCUT2D eigenvalue weighted by molar-refractivity contribution is -0.140. The molecule has 4 nitrogen and oxygen atoms in total. The standard InChI is InChI=1S/C19H32O4/c1-3-4-10-13-16(20)19-17(23-19)14-11-8-6-5-7-9-12-15-18(21)22-2/h4,10-11,14,16-17,19-20H,3,5-9,12-13,15H2,1-2H3/b10-4-,14-11-/t16-,17+,19+/m0/s1. The summed E-state index contributed by atoms with van der Waals surface area (Å²) in [5.74, 6) is -0.112. The molecule has 3 atom stereocenters. The van der Waals surface area contributed by atoms with E-state index in [-0.39, 0.29) is 24.3 Å². The van der Waals surface area contributed by atoms with Crippen molar-refractivity contribution in [3.8, 4) is 0 Å². The summed E-state index contributed by atoms with van der Waals surface area (Å²) < 4.78 is 10.1. The van der Waals surface area contributed by atoms with Crippen LogP contribution in [0.1, 0.15) is 64.7 Å². The van der Waals surface area contributed by atoms with Gasteiger partial charge < -0.3 is 14.6 Å². The molecule has 4 heteroatoms. The van der Waals surface area contributed by atoms with Crippen molar-refractivity contribution in [2.24, 2.45) is 0 Å². The fourth-order valence-electron chi connectivity index (χ4n) is 2.53. The van der Waals surface area contributed by atoms with Gasteiger partial charge in [0, 0.05) is 6.42 Å². The Labute approximate surface area is 140 Å². The maximum Gasteiger partial charge on any atom is 0.305 e. The highest BCUT2D eigenvalue weighted by Crippen LogP contribution is 2.28. The summed E-state index contributed by atoms with van der Waals surface area (Å²) in [6.07, 6.45) is 16.8. The number of unbranched alkanes of at least 4 members (excludes halogenated alkanes) is 5. The Morgan fingerprint density at radius 2 is 1.91 bits per heavy atom. The maximum absolute atomic E-state index is 10.9. The molecule has 0 radical (unpaired) electrons. The molecule has 0 amide bonds. The van der Waals surface area contributed by atoms with Gasteiger partial charge in [0.1, 0.15) is 12.2 Å². The Hall–Kier alpha value is -1.13.